The second-order valence-corrected chi connectivity index (χ2v) is 8.75. The average Bonchev–Trinajstić information content (AvgIpc) is 2.84. The highest BCUT2D eigenvalue weighted by molar-refractivity contribution is 7.91. The van der Waals surface area contributed by atoms with Crippen LogP contribution in [-0.4, -0.2) is 53.5 Å². The predicted molar refractivity (Wildman–Crippen MR) is 84.8 cm³/mol. The summed E-state index contributed by atoms with van der Waals surface area (Å²) in [4.78, 5) is 13.7. The Morgan fingerprint density at radius 2 is 2.04 bits per heavy atom. The van der Waals surface area contributed by atoms with Crippen LogP contribution < -0.4 is 0 Å². The summed E-state index contributed by atoms with van der Waals surface area (Å²) in [6.07, 6.45) is 0.932. The Balaban J connectivity index is 2.11. The number of hydrogen-bond acceptors (Lipinski definition) is 6. The van der Waals surface area contributed by atoms with Crippen molar-refractivity contribution in [3.63, 3.8) is 0 Å². The molecule has 23 heavy (non-hydrogen) atoms. The van der Waals surface area contributed by atoms with Crippen molar-refractivity contribution >= 4 is 15.9 Å². The zero-order valence-corrected chi connectivity index (χ0v) is 14.8. The highest BCUT2D eigenvalue weighted by Gasteiger charge is 2.35. The fraction of sp³-hybridized carbons (Fsp3) is 0.667. The van der Waals surface area contributed by atoms with E-state index in [-0.39, 0.29) is 10.8 Å². The van der Waals surface area contributed by atoms with E-state index in [0.717, 1.165) is 6.42 Å². The molecule has 128 valence electrons. The van der Waals surface area contributed by atoms with Crippen molar-refractivity contribution in [1.82, 2.24) is 15.1 Å². The molecule has 1 fully saturated rings. The number of aromatic nitrogens is 2. The van der Waals surface area contributed by atoms with Gasteiger partial charge in [0.1, 0.15) is 5.60 Å². The molecule has 0 aromatic carbocycles. The quantitative estimate of drug-likeness (QED) is 0.835. The molecule has 2 heterocycles. The highest BCUT2D eigenvalue weighted by atomic mass is 32.2. The molecule has 1 aliphatic heterocycles. The molecular formula is C15H23N3O4S. The molecule has 0 bridgehead atoms. The number of aryl methyl sites for hydroxylation is 1. The van der Waals surface area contributed by atoms with Gasteiger partial charge in [-0.1, -0.05) is 0 Å². The van der Waals surface area contributed by atoms with Crippen LogP contribution in [0.5, 0.6) is 0 Å². The molecule has 1 saturated heterocycles. The zero-order chi connectivity index (χ0) is 17.3. The van der Waals surface area contributed by atoms with Crippen LogP contribution in [-0.2, 0) is 14.6 Å². The lowest BCUT2D eigenvalue weighted by Gasteiger charge is -2.28. The lowest BCUT2D eigenvalue weighted by molar-refractivity contribution is 0.0241. The van der Waals surface area contributed by atoms with Crippen LogP contribution in [0, 0.1) is 6.92 Å². The molecule has 7 nitrogen and oxygen atoms in total. The monoisotopic (exact) mass is 341 g/mol. The molecule has 1 atom stereocenters. The van der Waals surface area contributed by atoms with Gasteiger partial charge in [0.05, 0.1) is 11.4 Å². The number of ether oxygens (including phenoxy) is 1. The van der Waals surface area contributed by atoms with Gasteiger partial charge in [-0.05, 0) is 52.7 Å². The molecule has 8 heteroatoms. The van der Waals surface area contributed by atoms with Gasteiger partial charge in [-0.3, -0.25) is 0 Å². The third-order valence-electron chi connectivity index (χ3n) is 3.51. The van der Waals surface area contributed by atoms with E-state index in [4.69, 9.17) is 4.74 Å². The van der Waals surface area contributed by atoms with Crippen LogP contribution in [0.3, 0.4) is 0 Å². The number of rotatable bonds is 3. The highest BCUT2D eigenvalue weighted by Crippen LogP contribution is 2.23. The average molecular weight is 341 g/mol. The number of amides is 1. The second kappa shape index (κ2) is 6.43. The van der Waals surface area contributed by atoms with Gasteiger partial charge in [0, 0.05) is 12.6 Å². The van der Waals surface area contributed by atoms with Gasteiger partial charge in [-0.25, -0.2) is 13.2 Å². The Labute approximate surface area is 137 Å². The first-order chi connectivity index (χ1) is 10.6. The Morgan fingerprint density at radius 1 is 1.35 bits per heavy atom. The van der Waals surface area contributed by atoms with Gasteiger partial charge < -0.3 is 9.64 Å². The van der Waals surface area contributed by atoms with E-state index in [1.807, 2.05) is 0 Å². The molecular weight excluding hydrogens is 318 g/mol. The molecule has 2 rings (SSSR count). The molecule has 1 aliphatic rings. The van der Waals surface area contributed by atoms with Gasteiger partial charge >= 0.3 is 6.09 Å². The third kappa shape index (κ3) is 4.63. The predicted octanol–water partition coefficient (Wildman–Crippen LogP) is 1.96. The Morgan fingerprint density at radius 3 is 2.61 bits per heavy atom. The van der Waals surface area contributed by atoms with Crippen LogP contribution >= 0.6 is 0 Å². The molecule has 0 aliphatic carbocycles. The number of carbonyl (C=O) groups is 1. The van der Waals surface area contributed by atoms with Gasteiger partial charge in [0.15, 0.2) is 14.9 Å². The van der Waals surface area contributed by atoms with Crippen LogP contribution in [0.25, 0.3) is 0 Å². The van der Waals surface area contributed by atoms with Crippen molar-refractivity contribution in [2.75, 3.05) is 12.3 Å². The molecule has 1 amide bonds. The van der Waals surface area contributed by atoms with Crippen molar-refractivity contribution < 1.29 is 17.9 Å². The summed E-state index contributed by atoms with van der Waals surface area (Å²) in [5.74, 6) is -0.163. The maximum atomic E-state index is 12.5. The van der Waals surface area contributed by atoms with Crippen LogP contribution in [0.2, 0.25) is 0 Å². The first-order valence-electron chi connectivity index (χ1n) is 7.61. The Hall–Kier alpha value is -1.70. The number of hydrogen-bond donors (Lipinski definition) is 0. The first-order valence-corrected chi connectivity index (χ1v) is 9.26. The largest absolute Gasteiger partial charge is 0.444 e. The van der Waals surface area contributed by atoms with E-state index in [2.05, 4.69) is 10.2 Å². The first kappa shape index (κ1) is 17.7. The minimum Gasteiger partial charge on any atom is -0.444 e. The summed E-state index contributed by atoms with van der Waals surface area (Å²) >= 11 is 0. The summed E-state index contributed by atoms with van der Waals surface area (Å²) in [5, 5.41) is 7.48. The van der Waals surface area contributed by atoms with E-state index in [0.29, 0.717) is 18.7 Å². The molecule has 0 spiro atoms. The lowest BCUT2D eigenvalue weighted by Crippen LogP contribution is -2.42. The molecule has 0 N–H and O–H groups in total. The Bertz CT molecular complexity index is 665. The standard InChI is InChI=1S/C15H23N3O4S/c1-11-7-8-13(17-16-11)23(20,21)10-12-6-5-9-18(12)14(19)22-15(2,3)4/h7-8,12H,5-6,9-10H2,1-4H3/t12-/m0/s1. The smallest absolute Gasteiger partial charge is 0.410 e. The van der Waals surface area contributed by atoms with Gasteiger partial charge in [0.25, 0.3) is 0 Å². The van der Waals surface area contributed by atoms with E-state index in [1.165, 1.54) is 11.0 Å². The minimum atomic E-state index is -3.59. The SMILES string of the molecule is Cc1ccc(S(=O)(=O)C[C@@H]2CCCN2C(=O)OC(C)(C)C)nn1. The maximum absolute atomic E-state index is 12.5. The van der Waals surface area contributed by atoms with Crippen molar-refractivity contribution in [3.05, 3.63) is 17.8 Å². The lowest BCUT2D eigenvalue weighted by atomic mass is 10.2. The molecule has 1 aromatic heterocycles. The molecule has 0 radical (unpaired) electrons. The molecule has 0 unspecified atom stereocenters. The number of nitrogens with zero attached hydrogens (tertiary/aromatic N) is 3. The third-order valence-corrected chi connectivity index (χ3v) is 5.19. The van der Waals surface area contributed by atoms with E-state index in [9.17, 15) is 13.2 Å². The van der Waals surface area contributed by atoms with Gasteiger partial charge in [0.2, 0.25) is 0 Å². The Kier molecular flexibility index (Phi) is 4.93. The second-order valence-electron chi connectivity index (χ2n) is 6.76. The van der Waals surface area contributed by atoms with Crippen LogP contribution in [0.15, 0.2) is 17.2 Å². The van der Waals surface area contributed by atoms with Crippen molar-refractivity contribution in [3.8, 4) is 0 Å². The fourth-order valence-corrected chi connectivity index (χ4v) is 3.93. The number of likely N-dealkylation sites (tertiary alicyclic amines) is 1. The minimum absolute atomic E-state index is 0.0564. The van der Waals surface area contributed by atoms with Crippen molar-refractivity contribution in [2.45, 2.75) is 57.2 Å². The maximum Gasteiger partial charge on any atom is 0.410 e. The molecule has 0 saturated carbocycles. The van der Waals surface area contributed by atoms with Crippen molar-refractivity contribution in [1.29, 1.82) is 0 Å². The van der Waals surface area contributed by atoms with Gasteiger partial charge in [-0.15, -0.1) is 5.10 Å². The van der Waals surface area contributed by atoms with Crippen molar-refractivity contribution in [2.24, 2.45) is 0 Å². The summed E-state index contributed by atoms with van der Waals surface area (Å²) in [5.41, 5.74) is 0.0473. The zero-order valence-electron chi connectivity index (χ0n) is 13.9. The summed E-state index contributed by atoms with van der Waals surface area (Å²) in [7, 11) is -3.59. The number of carbonyl (C=O) groups excluding carboxylic acids is 1. The van der Waals surface area contributed by atoms with E-state index < -0.39 is 27.6 Å². The van der Waals surface area contributed by atoms with Crippen LogP contribution in [0.1, 0.15) is 39.3 Å². The number of sulfone groups is 1. The van der Waals surface area contributed by atoms with E-state index in [1.54, 1.807) is 33.8 Å². The summed E-state index contributed by atoms with van der Waals surface area (Å²) in [6.45, 7) is 7.61. The summed E-state index contributed by atoms with van der Waals surface area (Å²) < 4.78 is 30.3. The molecule has 1 aromatic rings. The topological polar surface area (TPSA) is 89.5 Å². The van der Waals surface area contributed by atoms with Gasteiger partial charge in [-0.2, -0.15) is 5.10 Å². The van der Waals surface area contributed by atoms with Crippen LogP contribution in [0.4, 0.5) is 4.79 Å². The normalized spacial score (nSPS) is 19.0. The fourth-order valence-electron chi connectivity index (χ4n) is 2.46. The van der Waals surface area contributed by atoms with E-state index >= 15 is 0 Å². The summed E-state index contributed by atoms with van der Waals surface area (Å²) in [6, 6.07) is 2.67.